The van der Waals surface area contributed by atoms with Gasteiger partial charge in [-0.2, -0.15) is 4.98 Å². The topological polar surface area (TPSA) is 63.8 Å². The van der Waals surface area contributed by atoms with Gasteiger partial charge in [0.25, 0.3) is 0 Å². The molecule has 2 aromatic rings. The van der Waals surface area contributed by atoms with Crippen LogP contribution < -0.4 is 11.1 Å². The Morgan fingerprint density at radius 2 is 2.12 bits per heavy atom. The van der Waals surface area contributed by atoms with Crippen molar-refractivity contribution in [3.63, 3.8) is 0 Å². The van der Waals surface area contributed by atoms with Crippen molar-refractivity contribution >= 4 is 45.0 Å². The van der Waals surface area contributed by atoms with E-state index in [0.29, 0.717) is 16.8 Å². The van der Waals surface area contributed by atoms with Crippen LogP contribution in [0.2, 0.25) is 5.02 Å². The number of aromatic nitrogens is 2. The van der Waals surface area contributed by atoms with Crippen LogP contribution in [0, 0.1) is 0 Å². The zero-order chi connectivity index (χ0) is 11.5. The largest absolute Gasteiger partial charge is 0.384 e. The lowest BCUT2D eigenvalue weighted by Crippen LogP contribution is -1.99. The van der Waals surface area contributed by atoms with E-state index < -0.39 is 0 Å². The molecule has 0 unspecified atom stereocenters. The van der Waals surface area contributed by atoms with Gasteiger partial charge in [0.05, 0.1) is 5.02 Å². The minimum atomic E-state index is 0.417. The molecule has 0 saturated carbocycles. The molecule has 0 atom stereocenters. The number of halogens is 2. The van der Waals surface area contributed by atoms with Crippen molar-refractivity contribution in [1.82, 2.24) is 9.97 Å². The first-order chi connectivity index (χ1) is 7.65. The van der Waals surface area contributed by atoms with Gasteiger partial charge in [0.1, 0.15) is 5.82 Å². The fourth-order valence-corrected chi connectivity index (χ4v) is 1.56. The molecule has 6 heteroatoms. The summed E-state index contributed by atoms with van der Waals surface area (Å²) in [6, 6.07) is 7.11. The van der Waals surface area contributed by atoms with E-state index in [4.69, 9.17) is 17.3 Å². The molecule has 0 bridgehead atoms. The fraction of sp³-hybridized carbons (Fsp3) is 0. The average molecular weight is 300 g/mol. The molecule has 0 saturated heterocycles. The third-order valence-electron chi connectivity index (χ3n) is 1.85. The van der Waals surface area contributed by atoms with Gasteiger partial charge < -0.3 is 11.1 Å². The second-order valence-corrected chi connectivity index (χ2v) is 4.32. The summed E-state index contributed by atoms with van der Waals surface area (Å²) in [5, 5.41) is 3.62. The Kier molecular flexibility index (Phi) is 3.26. The van der Waals surface area contributed by atoms with Crippen LogP contribution in [0.5, 0.6) is 0 Å². The summed E-state index contributed by atoms with van der Waals surface area (Å²) in [6.45, 7) is 0. The number of rotatable bonds is 2. The molecule has 0 radical (unpaired) electrons. The minimum absolute atomic E-state index is 0.417. The summed E-state index contributed by atoms with van der Waals surface area (Å²) in [6.07, 6.45) is 1.59. The lowest BCUT2D eigenvalue weighted by atomic mass is 10.3. The van der Waals surface area contributed by atoms with Gasteiger partial charge in [-0.25, -0.2) is 4.98 Å². The Labute approximate surface area is 106 Å². The van der Waals surface area contributed by atoms with Gasteiger partial charge in [0.15, 0.2) is 0 Å². The van der Waals surface area contributed by atoms with E-state index in [2.05, 4.69) is 31.2 Å². The van der Waals surface area contributed by atoms with Gasteiger partial charge >= 0.3 is 0 Å². The highest BCUT2D eigenvalue weighted by molar-refractivity contribution is 9.10. The molecule has 0 fully saturated rings. The van der Waals surface area contributed by atoms with E-state index in [1.165, 1.54) is 0 Å². The number of nitrogens with one attached hydrogen (secondary N) is 1. The molecule has 1 aromatic carbocycles. The first kappa shape index (κ1) is 11.2. The molecule has 1 heterocycles. The first-order valence-electron chi connectivity index (χ1n) is 4.46. The van der Waals surface area contributed by atoms with E-state index in [1.54, 1.807) is 18.3 Å². The molecule has 0 aliphatic carbocycles. The zero-order valence-corrected chi connectivity index (χ0v) is 10.5. The van der Waals surface area contributed by atoms with Crippen LogP contribution >= 0.6 is 27.5 Å². The van der Waals surface area contributed by atoms with Crippen molar-refractivity contribution in [2.24, 2.45) is 0 Å². The summed E-state index contributed by atoms with van der Waals surface area (Å²) in [5.74, 6) is 0.860. The fourth-order valence-electron chi connectivity index (χ4n) is 1.14. The quantitative estimate of drug-likeness (QED) is 0.893. The molecule has 2 rings (SSSR count). The van der Waals surface area contributed by atoms with Crippen molar-refractivity contribution in [1.29, 1.82) is 0 Å². The van der Waals surface area contributed by atoms with Crippen LogP contribution in [0.15, 0.2) is 34.9 Å². The monoisotopic (exact) mass is 298 g/mol. The predicted octanol–water partition coefficient (Wildman–Crippen LogP) is 3.22. The number of nitrogens with two attached hydrogens (primary N) is 1. The van der Waals surface area contributed by atoms with Gasteiger partial charge in [0, 0.05) is 16.4 Å². The lowest BCUT2D eigenvalue weighted by molar-refractivity contribution is 1.17. The maximum Gasteiger partial charge on any atom is 0.229 e. The molecule has 0 amide bonds. The lowest BCUT2D eigenvalue weighted by Gasteiger charge is -2.05. The smallest absolute Gasteiger partial charge is 0.229 e. The van der Waals surface area contributed by atoms with Gasteiger partial charge in [-0.3, -0.25) is 0 Å². The van der Waals surface area contributed by atoms with Crippen molar-refractivity contribution in [3.8, 4) is 0 Å². The molecule has 0 aliphatic rings. The maximum absolute atomic E-state index is 5.96. The van der Waals surface area contributed by atoms with Crippen LogP contribution in [-0.2, 0) is 0 Å². The van der Waals surface area contributed by atoms with E-state index in [-0.39, 0.29) is 0 Å². The summed E-state index contributed by atoms with van der Waals surface area (Å²) in [4.78, 5) is 8.05. The summed E-state index contributed by atoms with van der Waals surface area (Å²) in [7, 11) is 0. The number of benzene rings is 1. The molecule has 0 aliphatic heterocycles. The first-order valence-corrected chi connectivity index (χ1v) is 5.63. The highest BCUT2D eigenvalue weighted by atomic mass is 79.9. The number of nitrogen functional groups attached to an aromatic ring is 1. The third-order valence-corrected chi connectivity index (χ3v) is 3.09. The van der Waals surface area contributed by atoms with Crippen LogP contribution in [0.3, 0.4) is 0 Å². The summed E-state index contributed by atoms with van der Waals surface area (Å²) in [5.41, 5.74) is 6.35. The average Bonchev–Trinajstić information content (AvgIpc) is 2.24. The molecular formula is C10H8BrClN4. The van der Waals surface area contributed by atoms with Crippen molar-refractivity contribution in [2.75, 3.05) is 11.1 Å². The van der Waals surface area contributed by atoms with E-state index in [1.807, 2.05) is 12.1 Å². The second-order valence-electron chi connectivity index (χ2n) is 3.06. The Morgan fingerprint density at radius 1 is 1.31 bits per heavy atom. The molecule has 16 heavy (non-hydrogen) atoms. The number of hydrogen-bond donors (Lipinski definition) is 2. The number of hydrogen-bond acceptors (Lipinski definition) is 4. The molecule has 1 aromatic heterocycles. The Balaban J connectivity index is 2.24. The van der Waals surface area contributed by atoms with Crippen LogP contribution in [-0.4, -0.2) is 9.97 Å². The zero-order valence-electron chi connectivity index (χ0n) is 8.11. The van der Waals surface area contributed by atoms with Crippen LogP contribution in [0.1, 0.15) is 0 Å². The summed E-state index contributed by atoms with van der Waals surface area (Å²) >= 11 is 9.27. The molecule has 0 spiro atoms. The van der Waals surface area contributed by atoms with Gasteiger partial charge in [-0.05, 0) is 40.2 Å². The van der Waals surface area contributed by atoms with Crippen LogP contribution in [0.4, 0.5) is 17.5 Å². The SMILES string of the molecule is Nc1ccnc(Nc2ccc(Br)c(Cl)c2)n1. The minimum Gasteiger partial charge on any atom is -0.384 e. The Hall–Kier alpha value is -1.33. The maximum atomic E-state index is 5.96. The van der Waals surface area contributed by atoms with Crippen LogP contribution in [0.25, 0.3) is 0 Å². The van der Waals surface area contributed by atoms with Crippen molar-refractivity contribution < 1.29 is 0 Å². The second kappa shape index (κ2) is 4.67. The molecule has 82 valence electrons. The Morgan fingerprint density at radius 3 is 2.81 bits per heavy atom. The highest BCUT2D eigenvalue weighted by Crippen LogP contribution is 2.26. The molecular weight excluding hydrogens is 291 g/mol. The molecule has 3 N–H and O–H groups in total. The van der Waals surface area contributed by atoms with Crippen molar-refractivity contribution in [2.45, 2.75) is 0 Å². The standard InChI is InChI=1S/C10H8BrClN4/c11-7-2-1-6(5-8(7)12)15-10-14-4-3-9(13)16-10/h1-5H,(H3,13,14,15,16). The van der Waals surface area contributed by atoms with Gasteiger partial charge in [0.2, 0.25) is 5.95 Å². The number of nitrogens with zero attached hydrogens (tertiary/aromatic N) is 2. The third kappa shape index (κ3) is 2.62. The number of anilines is 3. The van der Waals surface area contributed by atoms with Gasteiger partial charge in [-0.15, -0.1) is 0 Å². The van der Waals surface area contributed by atoms with E-state index >= 15 is 0 Å². The van der Waals surface area contributed by atoms with Gasteiger partial charge in [-0.1, -0.05) is 11.6 Å². The Bertz CT molecular complexity index is 518. The molecule has 4 nitrogen and oxygen atoms in total. The van der Waals surface area contributed by atoms with E-state index in [9.17, 15) is 0 Å². The van der Waals surface area contributed by atoms with E-state index in [0.717, 1.165) is 10.2 Å². The normalized spacial score (nSPS) is 10.1. The predicted molar refractivity (Wildman–Crippen MR) is 68.9 cm³/mol. The van der Waals surface area contributed by atoms with Crippen molar-refractivity contribution in [3.05, 3.63) is 40.0 Å². The highest BCUT2D eigenvalue weighted by Gasteiger charge is 2.01. The summed E-state index contributed by atoms with van der Waals surface area (Å²) < 4.78 is 0.841.